The maximum absolute atomic E-state index is 12.1. The quantitative estimate of drug-likeness (QED) is 0.746. The summed E-state index contributed by atoms with van der Waals surface area (Å²) in [5.41, 5.74) is 0. The third-order valence-corrected chi connectivity index (χ3v) is 4.27. The first-order chi connectivity index (χ1) is 9.10. The molecule has 19 heavy (non-hydrogen) atoms. The molecular weight excluding hydrogens is 244 g/mol. The van der Waals surface area contributed by atoms with Crippen molar-refractivity contribution in [2.75, 3.05) is 7.11 Å². The van der Waals surface area contributed by atoms with E-state index in [2.05, 4.69) is 15.4 Å². The van der Waals surface area contributed by atoms with Crippen molar-refractivity contribution >= 4 is 11.9 Å². The molecule has 4 atom stereocenters. The third kappa shape index (κ3) is 3.69. The summed E-state index contributed by atoms with van der Waals surface area (Å²) in [5, 5.41) is 6.33. The number of methoxy groups -OCH3 is 1. The van der Waals surface area contributed by atoms with Crippen molar-refractivity contribution in [3.05, 3.63) is 0 Å². The highest BCUT2D eigenvalue weighted by Gasteiger charge is 2.38. The number of fused-ring (bicyclic) bond motifs is 1. The third-order valence-electron chi connectivity index (χ3n) is 4.27. The van der Waals surface area contributed by atoms with E-state index in [1.54, 1.807) is 0 Å². The van der Waals surface area contributed by atoms with Crippen LogP contribution in [0.5, 0.6) is 0 Å². The highest BCUT2D eigenvalue weighted by Crippen LogP contribution is 2.33. The van der Waals surface area contributed by atoms with Crippen LogP contribution in [0.25, 0.3) is 0 Å². The Morgan fingerprint density at radius 2 is 2.11 bits per heavy atom. The molecule has 1 aliphatic carbocycles. The average Bonchev–Trinajstić information content (AvgIpc) is 2.82. The van der Waals surface area contributed by atoms with Gasteiger partial charge in [-0.25, -0.2) is 0 Å². The van der Waals surface area contributed by atoms with Crippen molar-refractivity contribution in [2.45, 2.75) is 63.6 Å². The van der Waals surface area contributed by atoms with Crippen molar-refractivity contribution < 1.29 is 14.3 Å². The fourth-order valence-corrected chi connectivity index (χ4v) is 3.25. The standard InChI is InChI=1S/C14H24N2O3/c1-9(7-13(17)19-2)15-14(18)12-8-10-5-3-4-6-11(10)16-12/h9-12,16H,3-8H2,1-2H3,(H,15,18). The summed E-state index contributed by atoms with van der Waals surface area (Å²) in [7, 11) is 1.36. The van der Waals surface area contributed by atoms with Crippen LogP contribution in [0.4, 0.5) is 0 Å². The van der Waals surface area contributed by atoms with E-state index in [4.69, 9.17) is 0 Å². The van der Waals surface area contributed by atoms with Crippen molar-refractivity contribution in [3.8, 4) is 0 Å². The topological polar surface area (TPSA) is 67.4 Å². The Hall–Kier alpha value is -1.10. The van der Waals surface area contributed by atoms with E-state index in [1.165, 1.54) is 32.8 Å². The van der Waals surface area contributed by atoms with Crippen LogP contribution >= 0.6 is 0 Å². The van der Waals surface area contributed by atoms with Crippen LogP contribution in [0.2, 0.25) is 0 Å². The van der Waals surface area contributed by atoms with Crippen LogP contribution in [-0.4, -0.2) is 37.1 Å². The number of nitrogens with one attached hydrogen (secondary N) is 2. The molecule has 5 nitrogen and oxygen atoms in total. The van der Waals surface area contributed by atoms with Crippen LogP contribution in [0, 0.1) is 5.92 Å². The summed E-state index contributed by atoms with van der Waals surface area (Å²) in [6.45, 7) is 1.83. The monoisotopic (exact) mass is 268 g/mol. The Balaban J connectivity index is 1.79. The fraction of sp³-hybridized carbons (Fsp3) is 0.857. The molecule has 4 unspecified atom stereocenters. The summed E-state index contributed by atoms with van der Waals surface area (Å²) >= 11 is 0. The lowest BCUT2D eigenvalue weighted by Gasteiger charge is -2.24. The Bertz CT molecular complexity index is 332. The highest BCUT2D eigenvalue weighted by atomic mass is 16.5. The lowest BCUT2D eigenvalue weighted by Crippen LogP contribution is -2.46. The molecule has 2 aliphatic rings. The Morgan fingerprint density at radius 3 is 2.79 bits per heavy atom. The number of carbonyl (C=O) groups is 2. The largest absolute Gasteiger partial charge is 0.469 e. The second-order valence-electron chi connectivity index (χ2n) is 5.80. The van der Waals surface area contributed by atoms with Crippen molar-refractivity contribution in [3.63, 3.8) is 0 Å². The molecule has 0 spiro atoms. The summed E-state index contributed by atoms with van der Waals surface area (Å²) < 4.78 is 4.60. The molecule has 5 heteroatoms. The molecule has 2 fully saturated rings. The molecule has 0 radical (unpaired) electrons. The molecule has 108 valence electrons. The molecule has 0 aromatic carbocycles. The second kappa shape index (κ2) is 6.37. The van der Waals surface area contributed by atoms with Crippen molar-refractivity contribution in [2.24, 2.45) is 5.92 Å². The minimum Gasteiger partial charge on any atom is -0.469 e. The van der Waals surface area contributed by atoms with Gasteiger partial charge in [0.05, 0.1) is 19.6 Å². The van der Waals surface area contributed by atoms with E-state index in [-0.39, 0.29) is 30.4 Å². The van der Waals surface area contributed by atoms with Crippen LogP contribution < -0.4 is 10.6 Å². The predicted octanol–water partition coefficient (Wildman–Crippen LogP) is 0.975. The van der Waals surface area contributed by atoms with Crippen LogP contribution in [-0.2, 0) is 14.3 Å². The number of hydrogen-bond donors (Lipinski definition) is 2. The van der Waals surface area contributed by atoms with E-state index in [9.17, 15) is 9.59 Å². The minimum absolute atomic E-state index is 0.0193. The van der Waals surface area contributed by atoms with Crippen molar-refractivity contribution in [1.29, 1.82) is 0 Å². The predicted molar refractivity (Wildman–Crippen MR) is 71.5 cm³/mol. The fourth-order valence-electron chi connectivity index (χ4n) is 3.25. The molecule has 2 N–H and O–H groups in total. The zero-order valence-corrected chi connectivity index (χ0v) is 11.8. The molecule has 1 amide bonds. The van der Waals surface area contributed by atoms with Gasteiger partial charge in [0, 0.05) is 12.1 Å². The van der Waals surface area contributed by atoms with Crippen LogP contribution in [0.15, 0.2) is 0 Å². The summed E-state index contributed by atoms with van der Waals surface area (Å²) in [6, 6.07) is 0.248. The van der Waals surface area contributed by atoms with Gasteiger partial charge in [-0.15, -0.1) is 0 Å². The first-order valence-corrected chi connectivity index (χ1v) is 7.23. The van der Waals surface area contributed by atoms with Crippen LogP contribution in [0.3, 0.4) is 0 Å². The summed E-state index contributed by atoms with van der Waals surface area (Å²) in [4.78, 5) is 23.3. The van der Waals surface area contributed by atoms with Gasteiger partial charge < -0.3 is 15.4 Å². The van der Waals surface area contributed by atoms with E-state index < -0.39 is 0 Å². The van der Waals surface area contributed by atoms with Gasteiger partial charge in [0.1, 0.15) is 0 Å². The Morgan fingerprint density at radius 1 is 1.37 bits per heavy atom. The SMILES string of the molecule is COC(=O)CC(C)NC(=O)C1CC2CCCCC2N1. The second-order valence-corrected chi connectivity index (χ2v) is 5.80. The summed E-state index contributed by atoms with van der Waals surface area (Å²) in [6.07, 6.45) is 6.13. The van der Waals surface area contributed by atoms with E-state index in [1.807, 2.05) is 6.92 Å². The minimum atomic E-state index is -0.291. The normalized spacial score (nSPS) is 31.4. The number of hydrogen-bond acceptors (Lipinski definition) is 4. The smallest absolute Gasteiger partial charge is 0.307 e. The molecule has 0 bridgehead atoms. The van der Waals surface area contributed by atoms with Gasteiger partial charge in [0.25, 0.3) is 0 Å². The first-order valence-electron chi connectivity index (χ1n) is 7.23. The number of ether oxygens (including phenoxy) is 1. The van der Waals surface area contributed by atoms with Crippen molar-refractivity contribution in [1.82, 2.24) is 10.6 Å². The zero-order chi connectivity index (χ0) is 13.8. The lowest BCUT2D eigenvalue weighted by atomic mass is 9.85. The number of carbonyl (C=O) groups excluding carboxylic acids is 2. The zero-order valence-electron chi connectivity index (χ0n) is 11.8. The number of esters is 1. The van der Waals surface area contributed by atoms with Crippen LogP contribution in [0.1, 0.15) is 45.4 Å². The molecule has 1 heterocycles. The Kier molecular flexibility index (Phi) is 4.80. The van der Waals surface area contributed by atoms with Gasteiger partial charge in [-0.2, -0.15) is 0 Å². The first kappa shape index (κ1) is 14.3. The highest BCUT2D eigenvalue weighted by molar-refractivity contribution is 5.83. The molecule has 1 saturated heterocycles. The maximum Gasteiger partial charge on any atom is 0.307 e. The molecule has 2 rings (SSSR count). The maximum atomic E-state index is 12.1. The van der Waals surface area contributed by atoms with Gasteiger partial charge >= 0.3 is 5.97 Å². The van der Waals surface area contributed by atoms with E-state index in [0.29, 0.717) is 12.0 Å². The van der Waals surface area contributed by atoms with Gasteiger partial charge in [0.2, 0.25) is 5.91 Å². The molecular formula is C14H24N2O3. The number of amides is 1. The van der Waals surface area contributed by atoms with Gasteiger partial charge in [-0.3, -0.25) is 9.59 Å². The van der Waals surface area contributed by atoms with E-state index in [0.717, 1.165) is 6.42 Å². The summed E-state index contributed by atoms with van der Waals surface area (Å²) in [5.74, 6) is 0.382. The molecule has 0 aromatic rings. The average molecular weight is 268 g/mol. The van der Waals surface area contributed by atoms with Gasteiger partial charge in [-0.05, 0) is 32.1 Å². The number of rotatable bonds is 4. The van der Waals surface area contributed by atoms with E-state index >= 15 is 0 Å². The molecule has 1 saturated carbocycles. The van der Waals surface area contributed by atoms with Gasteiger partial charge in [0.15, 0.2) is 0 Å². The molecule has 1 aliphatic heterocycles. The van der Waals surface area contributed by atoms with Gasteiger partial charge in [-0.1, -0.05) is 12.8 Å². The molecule has 0 aromatic heterocycles. The lowest BCUT2D eigenvalue weighted by molar-refractivity contribution is -0.141. The Labute approximate surface area is 114 Å².